The van der Waals surface area contributed by atoms with Crippen molar-refractivity contribution in [2.45, 2.75) is 50.9 Å². The minimum atomic E-state index is 0.207. The molecule has 3 rings (SSSR count). The second kappa shape index (κ2) is 6.26. The fraction of sp³-hybridized carbons (Fsp3) is 0.429. The highest BCUT2D eigenvalue weighted by Crippen LogP contribution is 2.42. The molecule has 0 saturated heterocycles. The van der Waals surface area contributed by atoms with Crippen molar-refractivity contribution in [3.8, 4) is 11.1 Å². The summed E-state index contributed by atoms with van der Waals surface area (Å²) in [5.74, 6) is 0.529. The quantitative estimate of drug-likeness (QED) is 0.819. The molecule has 2 N–H and O–H groups in total. The Balaban J connectivity index is 2.12. The summed E-state index contributed by atoms with van der Waals surface area (Å²) >= 11 is 0. The maximum atomic E-state index is 6.19. The molecule has 1 aliphatic carbocycles. The van der Waals surface area contributed by atoms with Crippen LogP contribution in [-0.4, -0.2) is 6.54 Å². The largest absolute Gasteiger partial charge is 0.330 e. The molecule has 0 aromatic heterocycles. The number of hydrogen-bond acceptors (Lipinski definition) is 1. The molecular formula is C21H27N. The van der Waals surface area contributed by atoms with Crippen molar-refractivity contribution >= 4 is 0 Å². The zero-order chi connectivity index (χ0) is 15.6. The average molecular weight is 293 g/mol. The molecule has 0 spiro atoms. The van der Waals surface area contributed by atoms with E-state index >= 15 is 0 Å². The highest BCUT2D eigenvalue weighted by atomic mass is 14.6. The van der Waals surface area contributed by atoms with Gasteiger partial charge in [0.2, 0.25) is 0 Å². The molecule has 1 heteroatoms. The third kappa shape index (κ3) is 2.70. The van der Waals surface area contributed by atoms with Gasteiger partial charge in [0.25, 0.3) is 0 Å². The van der Waals surface area contributed by atoms with E-state index in [0.29, 0.717) is 5.92 Å². The molecular weight excluding hydrogens is 266 g/mol. The fourth-order valence-electron chi connectivity index (χ4n) is 3.92. The summed E-state index contributed by atoms with van der Waals surface area (Å²) < 4.78 is 0. The molecule has 0 unspecified atom stereocenters. The third-order valence-electron chi connectivity index (χ3n) is 5.32. The van der Waals surface area contributed by atoms with Crippen molar-refractivity contribution in [3.63, 3.8) is 0 Å². The van der Waals surface area contributed by atoms with E-state index in [9.17, 15) is 0 Å². The summed E-state index contributed by atoms with van der Waals surface area (Å²) in [5, 5.41) is 0. The van der Waals surface area contributed by atoms with Gasteiger partial charge < -0.3 is 5.73 Å². The van der Waals surface area contributed by atoms with Crippen LogP contribution >= 0.6 is 0 Å². The van der Waals surface area contributed by atoms with E-state index in [-0.39, 0.29) is 5.41 Å². The molecule has 116 valence electrons. The van der Waals surface area contributed by atoms with Gasteiger partial charge in [-0.2, -0.15) is 0 Å². The number of benzene rings is 2. The minimum absolute atomic E-state index is 0.207. The standard InChI is InChI=1S/C21H27N/c1-16(2)19-11-10-18(21(15-22)12-6-7-13-21)14-20(19)17-8-4-3-5-9-17/h3-5,8-11,14,16H,6-7,12-13,15,22H2,1-2H3. The Morgan fingerprint density at radius 2 is 1.68 bits per heavy atom. The van der Waals surface area contributed by atoms with Crippen molar-refractivity contribution < 1.29 is 0 Å². The SMILES string of the molecule is CC(C)c1ccc(C2(CN)CCCC2)cc1-c1ccccc1. The monoisotopic (exact) mass is 293 g/mol. The van der Waals surface area contributed by atoms with Crippen LogP contribution in [0.2, 0.25) is 0 Å². The highest BCUT2D eigenvalue weighted by molar-refractivity contribution is 5.69. The first kappa shape index (κ1) is 15.3. The fourth-order valence-corrected chi connectivity index (χ4v) is 3.92. The van der Waals surface area contributed by atoms with Crippen LogP contribution in [0, 0.1) is 0 Å². The number of nitrogens with two attached hydrogens (primary N) is 1. The molecule has 0 atom stereocenters. The summed E-state index contributed by atoms with van der Waals surface area (Å²) in [6.07, 6.45) is 5.09. The maximum absolute atomic E-state index is 6.19. The third-order valence-corrected chi connectivity index (χ3v) is 5.32. The zero-order valence-electron chi connectivity index (χ0n) is 13.8. The maximum Gasteiger partial charge on any atom is 0.00757 e. The summed E-state index contributed by atoms with van der Waals surface area (Å²) in [4.78, 5) is 0. The molecule has 1 nitrogen and oxygen atoms in total. The van der Waals surface area contributed by atoms with E-state index in [1.807, 2.05) is 0 Å². The van der Waals surface area contributed by atoms with Gasteiger partial charge in [-0.3, -0.25) is 0 Å². The van der Waals surface area contributed by atoms with Crippen LogP contribution in [0.15, 0.2) is 48.5 Å². The highest BCUT2D eigenvalue weighted by Gasteiger charge is 2.34. The first-order valence-electron chi connectivity index (χ1n) is 8.56. The Morgan fingerprint density at radius 3 is 2.27 bits per heavy atom. The second-order valence-corrected chi connectivity index (χ2v) is 7.01. The molecule has 0 bridgehead atoms. The van der Waals surface area contributed by atoms with Gasteiger partial charge in [0.1, 0.15) is 0 Å². The Hall–Kier alpha value is -1.60. The summed E-state index contributed by atoms with van der Waals surface area (Å²) in [7, 11) is 0. The Labute approximate surface area is 134 Å². The molecule has 1 fully saturated rings. The predicted octanol–water partition coefficient (Wildman–Crippen LogP) is 5.25. The van der Waals surface area contributed by atoms with Gasteiger partial charge in [-0.25, -0.2) is 0 Å². The van der Waals surface area contributed by atoms with Gasteiger partial charge in [0.15, 0.2) is 0 Å². The molecule has 2 aromatic rings. The van der Waals surface area contributed by atoms with Gasteiger partial charge in [-0.05, 0) is 41.0 Å². The first-order chi connectivity index (χ1) is 10.7. The topological polar surface area (TPSA) is 26.0 Å². The van der Waals surface area contributed by atoms with Gasteiger partial charge in [-0.15, -0.1) is 0 Å². The molecule has 0 aliphatic heterocycles. The van der Waals surface area contributed by atoms with E-state index in [0.717, 1.165) is 6.54 Å². The molecule has 1 aliphatic rings. The van der Waals surface area contributed by atoms with Crippen molar-refractivity contribution in [2.75, 3.05) is 6.54 Å². The van der Waals surface area contributed by atoms with Crippen LogP contribution in [0.5, 0.6) is 0 Å². The van der Waals surface area contributed by atoms with Gasteiger partial charge in [-0.1, -0.05) is 75.2 Å². The lowest BCUT2D eigenvalue weighted by molar-refractivity contribution is 0.453. The number of rotatable bonds is 4. The molecule has 2 aromatic carbocycles. The van der Waals surface area contributed by atoms with Crippen molar-refractivity contribution in [2.24, 2.45) is 5.73 Å². The van der Waals surface area contributed by atoms with Crippen LogP contribution in [0.25, 0.3) is 11.1 Å². The summed E-state index contributed by atoms with van der Waals surface area (Å²) in [6, 6.07) is 17.9. The lowest BCUT2D eigenvalue weighted by Gasteiger charge is -2.29. The smallest absolute Gasteiger partial charge is 0.00757 e. The van der Waals surface area contributed by atoms with Crippen molar-refractivity contribution in [3.05, 3.63) is 59.7 Å². The second-order valence-electron chi connectivity index (χ2n) is 7.01. The van der Waals surface area contributed by atoms with Crippen LogP contribution in [0.4, 0.5) is 0 Å². The summed E-state index contributed by atoms with van der Waals surface area (Å²) in [5.41, 5.74) is 12.0. The van der Waals surface area contributed by atoms with Gasteiger partial charge in [0.05, 0.1) is 0 Å². The zero-order valence-corrected chi connectivity index (χ0v) is 13.8. The lowest BCUT2D eigenvalue weighted by atomic mass is 9.77. The van der Waals surface area contributed by atoms with E-state index in [4.69, 9.17) is 5.73 Å². The molecule has 1 saturated carbocycles. The van der Waals surface area contributed by atoms with E-state index in [1.54, 1.807) is 0 Å². The van der Waals surface area contributed by atoms with Crippen LogP contribution < -0.4 is 5.73 Å². The van der Waals surface area contributed by atoms with Crippen molar-refractivity contribution in [1.82, 2.24) is 0 Å². The van der Waals surface area contributed by atoms with Crippen LogP contribution in [-0.2, 0) is 5.41 Å². The molecule has 0 amide bonds. The minimum Gasteiger partial charge on any atom is -0.330 e. The van der Waals surface area contributed by atoms with E-state index in [1.165, 1.54) is 47.9 Å². The Morgan fingerprint density at radius 1 is 1.00 bits per heavy atom. The lowest BCUT2D eigenvalue weighted by Crippen LogP contribution is -2.32. The van der Waals surface area contributed by atoms with Gasteiger partial charge in [0, 0.05) is 12.0 Å². The van der Waals surface area contributed by atoms with Crippen LogP contribution in [0.3, 0.4) is 0 Å². The molecule has 0 radical (unpaired) electrons. The normalized spacial score (nSPS) is 17.1. The Bertz CT molecular complexity index is 622. The van der Waals surface area contributed by atoms with Gasteiger partial charge >= 0.3 is 0 Å². The van der Waals surface area contributed by atoms with Crippen LogP contribution in [0.1, 0.15) is 56.6 Å². The van der Waals surface area contributed by atoms with E-state index < -0.39 is 0 Å². The first-order valence-corrected chi connectivity index (χ1v) is 8.56. The van der Waals surface area contributed by atoms with E-state index in [2.05, 4.69) is 62.4 Å². The predicted molar refractivity (Wildman–Crippen MR) is 95.2 cm³/mol. The molecule has 22 heavy (non-hydrogen) atoms. The van der Waals surface area contributed by atoms with Crippen molar-refractivity contribution in [1.29, 1.82) is 0 Å². The molecule has 0 heterocycles. The Kier molecular flexibility index (Phi) is 4.35. The average Bonchev–Trinajstić information content (AvgIpc) is 3.05. The number of hydrogen-bond donors (Lipinski definition) is 1. The summed E-state index contributed by atoms with van der Waals surface area (Å²) in [6.45, 7) is 5.31.